The number of carbonyl (C=O) groups excluding carboxylic acids is 2. The molecule has 1 heterocycles. The van der Waals surface area contributed by atoms with Gasteiger partial charge in [0.2, 0.25) is 5.91 Å². The van der Waals surface area contributed by atoms with Crippen molar-refractivity contribution >= 4 is 34.3 Å². The number of fused-ring (bicyclic) bond motifs is 1. The summed E-state index contributed by atoms with van der Waals surface area (Å²) in [4.78, 5) is 23.1. The summed E-state index contributed by atoms with van der Waals surface area (Å²) in [6.07, 6.45) is 0. The largest absolute Gasteiger partial charge is 0.358 e. The highest BCUT2D eigenvalue weighted by Crippen LogP contribution is 2.22. The first-order valence-electron chi connectivity index (χ1n) is 5.76. The fraction of sp³-hybridized carbons (Fsp3) is 0.231. The first kappa shape index (κ1) is 13.4. The van der Waals surface area contributed by atoms with Crippen molar-refractivity contribution in [1.29, 1.82) is 0 Å². The van der Waals surface area contributed by atoms with Gasteiger partial charge in [-0.2, -0.15) is 0 Å². The van der Waals surface area contributed by atoms with E-state index >= 15 is 0 Å². The van der Waals surface area contributed by atoms with E-state index in [1.54, 1.807) is 29.8 Å². The maximum atomic E-state index is 12.0. The first-order valence-corrected chi connectivity index (χ1v) is 6.14. The number of rotatable bonds is 3. The molecule has 0 radical (unpaired) electrons. The molecule has 2 aromatic rings. The Morgan fingerprint density at radius 1 is 1.32 bits per heavy atom. The van der Waals surface area contributed by atoms with Gasteiger partial charge in [-0.15, -0.1) is 0 Å². The molecule has 2 amide bonds. The molecule has 0 saturated heterocycles. The van der Waals surface area contributed by atoms with Crippen molar-refractivity contribution in [1.82, 2.24) is 15.2 Å². The van der Waals surface area contributed by atoms with Crippen molar-refractivity contribution in [2.45, 2.75) is 0 Å². The minimum Gasteiger partial charge on any atom is -0.358 e. The Bertz CT molecular complexity index is 649. The number of nitrogens with zero attached hydrogens (tertiary/aromatic N) is 1. The molecular weight excluding hydrogens is 266 g/mol. The molecule has 0 atom stereocenters. The number of aryl methyl sites for hydroxylation is 1. The summed E-state index contributed by atoms with van der Waals surface area (Å²) in [5.41, 5.74) is 1.36. The third-order valence-electron chi connectivity index (χ3n) is 2.93. The summed E-state index contributed by atoms with van der Waals surface area (Å²) in [6.45, 7) is -0.0440. The fourth-order valence-electron chi connectivity index (χ4n) is 1.86. The number of aromatic nitrogens is 1. The van der Waals surface area contributed by atoms with Crippen molar-refractivity contribution in [2.75, 3.05) is 13.6 Å². The van der Waals surface area contributed by atoms with Crippen molar-refractivity contribution in [3.05, 3.63) is 35.0 Å². The molecule has 1 aromatic heterocycles. The summed E-state index contributed by atoms with van der Waals surface area (Å²) >= 11 is 5.93. The summed E-state index contributed by atoms with van der Waals surface area (Å²) in [7, 11) is 3.31. The van der Waals surface area contributed by atoms with Gasteiger partial charge in [-0.3, -0.25) is 9.59 Å². The van der Waals surface area contributed by atoms with Crippen LogP contribution in [0.3, 0.4) is 0 Å². The normalized spacial score (nSPS) is 10.5. The maximum absolute atomic E-state index is 12.0. The Hall–Kier alpha value is -2.01. The molecule has 1 aromatic carbocycles. The van der Waals surface area contributed by atoms with Gasteiger partial charge in [0.1, 0.15) is 5.69 Å². The lowest BCUT2D eigenvalue weighted by Crippen LogP contribution is -2.35. The second-order valence-electron chi connectivity index (χ2n) is 4.15. The molecule has 0 aliphatic heterocycles. The van der Waals surface area contributed by atoms with E-state index in [-0.39, 0.29) is 18.4 Å². The number of amides is 2. The van der Waals surface area contributed by atoms with Gasteiger partial charge < -0.3 is 15.2 Å². The van der Waals surface area contributed by atoms with Crippen LogP contribution in [0.2, 0.25) is 5.02 Å². The van der Waals surface area contributed by atoms with E-state index in [2.05, 4.69) is 10.6 Å². The van der Waals surface area contributed by atoms with Crippen molar-refractivity contribution in [3.8, 4) is 0 Å². The van der Waals surface area contributed by atoms with E-state index in [4.69, 9.17) is 11.6 Å². The predicted octanol–water partition coefficient (Wildman–Crippen LogP) is 1.31. The Morgan fingerprint density at radius 3 is 2.74 bits per heavy atom. The average molecular weight is 280 g/mol. The van der Waals surface area contributed by atoms with Crippen molar-refractivity contribution in [2.24, 2.45) is 7.05 Å². The second-order valence-corrected chi connectivity index (χ2v) is 4.58. The highest BCUT2D eigenvalue weighted by atomic mass is 35.5. The van der Waals surface area contributed by atoms with Crippen LogP contribution in [0, 0.1) is 0 Å². The summed E-state index contributed by atoms with van der Waals surface area (Å²) in [5.74, 6) is -0.534. The molecule has 5 nitrogen and oxygen atoms in total. The zero-order chi connectivity index (χ0) is 14.0. The summed E-state index contributed by atoms with van der Waals surface area (Å²) in [6, 6.07) is 7.20. The van der Waals surface area contributed by atoms with E-state index in [0.717, 1.165) is 10.9 Å². The highest BCUT2D eigenvalue weighted by Gasteiger charge is 2.14. The lowest BCUT2D eigenvalue weighted by atomic mass is 10.2. The smallest absolute Gasteiger partial charge is 0.268 e. The topological polar surface area (TPSA) is 63.1 Å². The van der Waals surface area contributed by atoms with Gasteiger partial charge >= 0.3 is 0 Å². The van der Waals surface area contributed by atoms with Crippen LogP contribution in [-0.2, 0) is 11.8 Å². The zero-order valence-corrected chi connectivity index (χ0v) is 11.4. The van der Waals surface area contributed by atoms with E-state index < -0.39 is 0 Å². The molecule has 0 aliphatic rings. The van der Waals surface area contributed by atoms with E-state index in [0.29, 0.717) is 10.7 Å². The molecule has 0 spiro atoms. The van der Waals surface area contributed by atoms with Gasteiger partial charge in [-0.05, 0) is 18.2 Å². The van der Waals surface area contributed by atoms with Crippen LogP contribution in [0.1, 0.15) is 10.5 Å². The van der Waals surface area contributed by atoms with Crippen molar-refractivity contribution in [3.63, 3.8) is 0 Å². The SMILES string of the molecule is CNC(=O)CNC(=O)c1cc2ccc(Cl)cc2n1C. The standard InChI is InChI=1S/C13H14ClN3O2/c1-15-12(18)7-16-13(19)11-5-8-3-4-9(14)6-10(8)17(11)2/h3-6H,7H2,1-2H3,(H,15,18)(H,16,19). The van der Waals surface area contributed by atoms with Gasteiger partial charge in [-0.1, -0.05) is 17.7 Å². The third kappa shape index (κ3) is 2.71. The number of nitrogens with one attached hydrogen (secondary N) is 2. The third-order valence-corrected chi connectivity index (χ3v) is 3.16. The maximum Gasteiger partial charge on any atom is 0.268 e. The summed E-state index contributed by atoms with van der Waals surface area (Å²) in [5, 5.41) is 6.55. The van der Waals surface area contributed by atoms with Crippen LogP contribution in [0.15, 0.2) is 24.3 Å². The van der Waals surface area contributed by atoms with Crippen LogP contribution in [0.4, 0.5) is 0 Å². The van der Waals surface area contributed by atoms with Crippen LogP contribution in [0.25, 0.3) is 10.9 Å². The molecule has 2 N–H and O–H groups in total. The quantitative estimate of drug-likeness (QED) is 0.890. The molecule has 0 unspecified atom stereocenters. The number of hydrogen-bond acceptors (Lipinski definition) is 2. The van der Waals surface area contributed by atoms with Gasteiger partial charge in [-0.25, -0.2) is 0 Å². The average Bonchev–Trinajstić information content (AvgIpc) is 2.73. The van der Waals surface area contributed by atoms with Crippen LogP contribution >= 0.6 is 11.6 Å². The lowest BCUT2D eigenvalue weighted by molar-refractivity contribution is -0.119. The Kier molecular flexibility index (Phi) is 3.76. The number of benzene rings is 1. The fourth-order valence-corrected chi connectivity index (χ4v) is 2.03. The minimum atomic E-state index is -0.293. The number of halogens is 1. The summed E-state index contributed by atoms with van der Waals surface area (Å²) < 4.78 is 1.75. The monoisotopic (exact) mass is 279 g/mol. The van der Waals surface area contributed by atoms with Crippen LogP contribution in [-0.4, -0.2) is 30.0 Å². The first-order chi connectivity index (χ1) is 9.02. The predicted molar refractivity (Wildman–Crippen MR) is 74.3 cm³/mol. The molecule has 19 heavy (non-hydrogen) atoms. The minimum absolute atomic E-state index is 0.0440. The van der Waals surface area contributed by atoms with E-state index in [9.17, 15) is 9.59 Å². The van der Waals surface area contributed by atoms with Gasteiger partial charge in [0.25, 0.3) is 5.91 Å². The number of carbonyl (C=O) groups is 2. The molecular formula is C13H14ClN3O2. The zero-order valence-electron chi connectivity index (χ0n) is 10.7. The molecule has 100 valence electrons. The molecule has 0 aliphatic carbocycles. The van der Waals surface area contributed by atoms with Gasteiger partial charge in [0, 0.05) is 30.0 Å². The van der Waals surface area contributed by atoms with Gasteiger partial charge in [0.15, 0.2) is 0 Å². The second kappa shape index (κ2) is 5.32. The molecule has 0 bridgehead atoms. The van der Waals surface area contributed by atoms with Gasteiger partial charge in [0.05, 0.1) is 6.54 Å². The molecule has 0 fully saturated rings. The Morgan fingerprint density at radius 2 is 2.05 bits per heavy atom. The molecule has 0 saturated carbocycles. The van der Waals surface area contributed by atoms with Crippen LogP contribution in [0.5, 0.6) is 0 Å². The molecule has 6 heteroatoms. The van der Waals surface area contributed by atoms with Crippen LogP contribution < -0.4 is 10.6 Å². The lowest BCUT2D eigenvalue weighted by Gasteiger charge is -2.05. The number of likely N-dealkylation sites (N-methyl/N-ethyl adjacent to an activating group) is 1. The Labute approximate surface area is 115 Å². The van der Waals surface area contributed by atoms with E-state index in [1.807, 2.05) is 6.07 Å². The number of hydrogen-bond donors (Lipinski definition) is 2. The van der Waals surface area contributed by atoms with E-state index in [1.165, 1.54) is 7.05 Å². The highest BCUT2D eigenvalue weighted by molar-refractivity contribution is 6.31. The Balaban J connectivity index is 2.27. The van der Waals surface area contributed by atoms with Crippen molar-refractivity contribution < 1.29 is 9.59 Å². The molecule has 2 rings (SSSR count).